The van der Waals surface area contributed by atoms with Crippen LogP contribution in [0, 0.1) is 12.3 Å². The van der Waals surface area contributed by atoms with Crippen LogP contribution in [0.2, 0.25) is 0 Å². The van der Waals surface area contributed by atoms with E-state index in [4.69, 9.17) is 12.2 Å². The Bertz CT molecular complexity index is 197. The highest BCUT2D eigenvalue weighted by atomic mass is 15.2. The van der Waals surface area contributed by atoms with Gasteiger partial charge in [0.25, 0.3) is 0 Å². The minimum absolute atomic E-state index is 0.0549. The third-order valence-corrected chi connectivity index (χ3v) is 2.72. The summed E-state index contributed by atoms with van der Waals surface area (Å²) in [6.45, 7) is 3.45. The van der Waals surface area contributed by atoms with Gasteiger partial charge in [-0.2, -0.15) is 0 Å². The third kappa shape index (κ3) is 2.70. The Kier molecular flexibility index (Phi) is 3.73. The fourth-order valence-corrected chi connectivity index (χ4v) is 1.98. The molecule has 13 heavy (non-hydrogen) atoms. The second kappa shape index (κ2) is 4.61. The molecule has 3 heteroatoms. The maximum absolute atomic E-state index is 5.78. The molecule has 0 aromatic carbocycles. The van der Waals surface area contributed by atoms with Crippen molar-refractivity contribution in [2.24, 2.45) is 5.73 Å². The first kappa shape index (κ1) is 10.5. The molecule has 0 saturated carbocycles. The van der Waals surface area contributed by atoms with Crippen molar-refractivity contribution in [1.29, 1.82) is 0 Å². The van der Waals surface area contributed by atoms with Crippen molar-refractivity contribution in [1.82, 2.24) is 10.2 Å². The zero-order chi connectivity index (χ0) is 9.73. The molecule has 0 amide bonds. The first-order valence-electron chi connectivity index (χ1n) is 4.79. The van der Waals surface area contributed by atoms with Gasteiger partial charge in [-0.15, -0.1) is 6.42 Å². The summed E-state index contributed by atoms with van der Waals surface area (Å²) in [4.78, 5) is 2.31. The van der Waals surface area contributed by atoms with Crippen LogP contribution < -0.4 is 11.1 Å². The first-order chi connectivity index (χ1) is 6.22. The lowest BCUT2D eigenvalue weighted by atomic mass is 9.89. The number of rotatable bonds is 3. The Morgan fingerprint density at radius 2 is 2.46 bits per heavy atom. The van der Waals surface area contributed by atoms with Crippen LogP contribution in [0.1, 0.15) is 12.8 Å². The van der Waals surface area contributed by atoms with Crippen LogP contribution in [0.25, 0.3) is 0 Å². The average Bonchev–Trinajstić information content (AvgIpc) is 2.15. The SMILES string of the molecule is C#CCNC1(CN)CCCN(C)C1. The Morgan fingerprint density at radius 3 is 3.00 bits per heavy atom. The predicted molar refractivity (Wildman–Crippen MR) is 55.4 cm³/mol. The molecule has 0 bridgehead atoms. The molecule has 0 aliphatic carbocycles. The average molecular weight is 181 g/mol. The Hall–Kier alpha value is -0.560. The van der Waals surface area contributed by atoms with Gasteiger partial charge < -0.3 is 10.6 Å². The number of hydrogen-bond acceptors (Lipinski definition) is 3. The van der Waals surface area contributed by atoms with E-state index in [2.05, 4.69) is 23.2 Å². The van der Waals surface area contributed by atoms with Crippen LogP contribution in [0.5, 0.6) is 0 Å². The van der Waals surface area contributed by atoms with Gasteiger partial charge >= 0.3 is 0 Å². The van der Waals surface area contributed by atoms with Crippen molar-refractivity contribution >= 4 is 0 Å². The summed E-state index contributed by atoms with van der Waals surface area (Å²) in [5.41, 5.74) is 5.84. The lowest BCUT2D eigenvalue weighted by Gasteiger charge is -2.41. The second-order valence-corrected chi connectivity index (χ2v) is 3.88. The quantitative estimate of drug-likeness (QED) is 0.584. The molecule has 1 atom stereocenters. The highest BCUT2D eigenvalue weighted by Crippen LogP contribution is 2.18. The molecule has 1 aliphatic rings. The fourth-order valence-electron chi connectivity index (χ4n) is 1.98. The first-order valence-corrected chi connectivity index (χ1v) is 4.79. The van der Waals surface area contributed by atoms with Crippen LogP contribution in [0.3, 0.4) is 0 Å². The van der Waals surface area contributed by atoms with Gasteiger partial charge in [0.15, 0.2) is 0 Å². The molecular weight excluding hydrogens is 162 g/mol. The molecular formula is C10H19N3. The number of piperidine rings is 1. The molecule has 1 saturated heterocycles. The Labute approximate surface area is 80.7 Å². The second-order valence-electron chi connectivity index (χ2n) is 3.88. The zero-order valence-corrected chi connectivity index (χ0v) is 8.34. The molecule has 0 radical (unpaired) electrons. The topological polar surface area (TPSA) is 41.3 Å². The Balaban J connectivity index is 2.52. The van der Waals surface area contributed by atoms with Gasteiger partial charge in [-0.1, -0.05) is 5.92 Å². The van der Waals surface area contributed by atoms with Crippen molar-refractivity contribution in [3.8, 4) is 12.3 Å². The van der Waals surface area contributed by atoms with Gasteiger partial charge in [0.05, 0.1) is 6.54 Å². The molecule has 74 valence electrons. The molecule has 3 nitrogen and oxygen atoms in total. The van der Waals surface area contributed by atoms with Crippen LogP contribution in [-0.4, -0.2) is 43.7 Å². The van der Waals surface area contributed by atoms with Crippen molar-refractivity contribution in [3.63, 3.8) is 0 Å². The van der Waals surface area contributed by atoms with E-state index in [1.54, 1.807) is 0 Å². The third-order valence-electron chi connectivity index (χ3n) is 2.72. The number of hydrogen-bond donors (Lipinski definition) is 2. The van der Waals surface area contributed by atoms with Crippen LogP contribution in [0.4, 0.5) is 0 Å². The van der Waals surface area contributed by atoms with Crippen molar-refractivity contribution < 1.29 is 0 Å². The Morgan fingerprint density at radius 1 is 1.69 bits per heavy atom. The van der Waals surface area contributed by atoms with E-state index < -0.39 is 0 Å². The van der Waals surface area contributed by atoms with Crippen molar-refractivity contribution in [2.45, 2.75) is 18.4 Å². The lowest BCUT2D eigenvalue weighted by molar-refractivity contribution is 0.154. The summed E-state index contributed by atoms with van der Waals surface area (Å²) in [5.74, 6) is 2.60. The summed E-state index contributed by atoms with van der Waals surface area (Å²) in [6.07, 6.45) is 7.56. The number of likely N-dealkylation sites (N-methyl/N-ethyl adjacent to an activating group) is 1. The molecule has 1 rings (SSSR count). The summed E-state index contributed by atoms with van der Waals surface area (Å²) in [7, 11) is 2.13. The van der Waals surface area contributed by atoms with E-state index in [1.807, 2.05) is 0 Å². The van der Waals surface area contributed by atoms with E-state index in [0.29, 0.717) is 13.1 Å². The minimum atomic E-state index is 0.0549. The highest BCUT2D eigenvalue weighted by molar-refractivity contribution is 4.99. The van der Waals surface area contributed by atoms with Gasteiger partial charge in [0.2, 0.25) is 0 Å². The molecule has 0 aromatic rings. The summed E-state index contributed by atoms with van der Waals surface area (Å²) >= 11 is 0. The maximum atomic E-state index is 5.78. The van der Waals surface area contributed by atoms with Crippen LogP contribution >= 0.6 is 0 Å². The van der Waals surface area contributed by atoms with Crippen molar-refractivity contribution in [2.75, 3.05) is 33.2 Å². The highest BCUT2D eigenvalue weighted by Gasteiger charge is 2.31. The maximum Gasteiger partial charge on any atom is 0.0578 e. The predicted octanol–water partition coefficient (Wildman–Crippen LogP) is -0.368. The largest absolute Gasteiger partial charge is 0.329 e. The molecule has 3 N–H and O–H groups in total. The van der Waals surface area contributed by atoms with Gasteiger partial charge in [-0.3, -0.25) is 5.32 Å². The van der Waals surface area contributed by atoms with Gasteiger partial charge in [-0.05, 0) is 26.4 Å². The summed E-state index contributed by atoms with van der Waals surface area (Å²) < 4.78 is 0. The van der Waals surface area contributed by atoms with Gasteiger partial charge in [-0.25, -0.2) is 0 Å². The number of nitrogens with one attached hydrogen (secondary N) is 1. The molecule has 1 fully saturated rings. The van der Waals surface area contributed by atoms with Gasteiger partial charge in [0.1, 0.15) is 0 Å². The molecule has 1 unspecified atom stereocenters. The zero-order valence-electron chi connectivity index (χ0n) is 8.34. The van der Waals surface area contributed by atoms with E-state index in [1.165, 1.54) is 13.0 Å². The fraction of sp³-hybridized carbons (Fsp3) is 0.800. The lowest BCUT2D eigenvalue weighted by Crippen LogP contribution is -2.60. The van der Waals surface area contributed by atoms with Crippen LogP contribution in [0.15, 0.2) is 0 Å². The number of terminal acetylenes is 1. The summed E-state index contributed by atoms with van der Waals surface area (Å²) in [6, 6.07) is 0. The van der Waals surface area contributed by atoms with E-state index >= 15 is 0 Å². The molecule has 1 heterocycles. The van der Waals surface area contributed by atoms with Crippen molar-refractivity contribution in [3.05, 3.63) is 0 Å². The number of nitrogens with zero attached hydrogens (tertiary/aromatic N) is 1. The molecule has 1 aliphatic heterocycles. The molecule has 0 aromatic heterocycles. The van der Waals surface area contributed by atoms with E-state index in [0.717, 1.165) is 13.0 Å². The monoisotopic (exact) mass is 181 g/mol. The normalized spacial score (nSPS) is 29.9. The van der Waals surface area contributed by atoms with Crippen LogP contribution in [-0.2, 0) is 0 Å². The minimum Gasteiger partial charge on any atom is -0.329 e. The standard InChI is InChI=1S/C10H19N3/c1-3-6-12-10(8-11)5-4-7-13(2)9-10/h1,12H,4-9,11H2,2H3. The molecule has 0 spiro atoms. The van der Waals surface area contributed by atoms with Gasteiger partial charge in [0, 0.05) is 18.6 Å². The number of likely N-dealkylation sites (tertiary alicyclic amines) is 1. The smallest absolute Gasteiger partial charge is 0.0578 e. The van der Waals surface area contributed by atoms with E-state index in [9.17, 15) is 0 Å². The van der Waals surface area contributed by atoms with E-state index in [-0.39, 0.29) is 5.54 Å². The number of nitrogens with two attached hydrogens (primary N) is 1. The summed E-state index contributed by atoms with van der Waals surface area (Å²) in [5, 5.41) is 3.36.